The highest BCUT2D eigenvalue weighted by Gasteiger charge is 2.50. The van der Waals surface area contributed by atoms with Crippen molar-refractivity contribution in [1.29, 1.82) is 0 Å². The number of hydrogen-bond donors (Lipinski definition) is 0. The lowest BCUT2D eigenvalue weighted by molar-refractivity contribution is -0.140. The van der Waals surface area contributed by atoms with Gasteiger partial charge in [0.2, 0.25) is 0 Å². The molecular weight excluding hydrogens is 655 g/mol. The van der Waals surface area contributed by atoms with E-state index in [4.69, 9.17) is 27.7 Å². The number of hydrogen-bond acceptors (Lipinski definition) is 8. The van der Waals surface area contributed by atoms with Crippen molar-refractivity contribution in [3.05, 3.63) is 83.9 Å². The summed E-state index contributed by atoms with van der Waals surface area (Å²) in [7, 11) is 0.902. The largest absolute Gasteiger partial charge is 0.496 e. The second kappa shape index (κ2) is 18.9. The van der Waals surface area contributed by atoms with E-state index in [-0.39, 0.29) is 11.0 Å². The number of unbranched alkanes of at least 4 members (excludes halogenated alkanes) is 2. The van der Waals surface area contributed by atoms with Crippen LogP contribution < -0.4 is 19.8 Å². The Bertz CT molecular complexity index is 1420. The summed E-state index contributed by atoms with van der Waals surface area (Å²) in [5.41, 5.74) is 1.05. The predicted molar refractivity (Wildman–Crippen MR) is 200 cm³/mol. The fourth-order valence-electron chi connectivity index (χ4n) is 6.91. The summed E-state index contributed by atoms with van der Waals surface area (Å²) in [5.74, 6) is 1.12. The first kappa shape index (κ1) is 40.5. The van der Waals surface area contributed by atoms with Crippen molar-refractivity contribution in [2.75, 3.05) is 35.5 Å². The third-order valence-electron chi connectivity index (χ3n) is 9.43. The molecule has 0 aliphatic heterocycles. The van der Waals surface area contributed by atoms with Gasteiger partial charge in [-0.15, -0.1) is 0 Å². The number of carbonyl (C=O) groups excluding carboxylic acids is 1. The number of esters is 1. The summed E-state index contributed by atoms with van der Waals surface area (Å²) < 4.78 is 47.7. The summed E-state index contributed by atoms with van der Waals surface area (Å²) in [5, 5.41) is 2.30. The van der Waals surface area contributed by atoms with E-state index in [0.717, 1.165) is 54.7 Å². The van der Waals surface area contributed by atoms with Gasteiger partial charge in [0, 0.05) is 19.8 Å². The van der Waals surface area contributed by atoms with Crippen LogP contribution in [0.4, 0.5) is 0 Å². The van der Waals surface area contributed by atoms with Crippen molar-refractivity contribution in [2.45, 2.75) is 95.9 Å². The molecule has 3 aromatic rings. The third-order valence-corrected chi connectivity index (χ3v) is 16.7. The summed E-state index contributed by atoms with van der Waals surface area (Å²) in [6, 6.07) is 25.5. The molecule has 0 fully saturated rings. The first-order valence-electron chi connectivity index (χ1n) is 17.2. The van der Waals surface area contributed by atoms with Gasteiger partial charge in [0.15, 0.2) is 5.66 Å². The Morgan fingerprint density at radius 1 is 0.755 bits per heavy atom. The Morgan fingerprint density at radius 2 is 1.24 bits per heavy atom. The standard InChI is InChI=1S/C39H57O8PSi/c1-10-11-20-31(21-18-19-26-36(38(40)44-7)48(41,45-8)46-9)37-34(42-5)27-30(28-35(37)43-6)29-47-49(39(2,3)4,32-22-14-12-15-23-32)33-24-16-13-17-25-33/h12-17,22-25,27-28,31,36H,10-11,18-21,26,29H2,1-9H3/t31-,36?/m0/s1. The van der Waals surface area contributed by atoms with Crippen molar-refractivity contribution < 1.29 is 37.0 Å². The highest BCUT2D eigenvalue weighted by atomic mass is 31.2. The maximum atomic E-state index is 13.1. The molecule has 0 radical (unpaired) electrons. The van der Waals surface area contributed by atoms with E-state index < -0.39 is 27.5 Å². The second-order valence-electron chi connectivity index (χ2n) is 13.4. The minimum absolute atomic E-state index is 0.151. The average Bonchev–Trinajstić information content (AvgIpc) is 3.12. The lowest BCUT2D eigenvalue weighted by atomic mass is 9.86. The molecule has 10 heteroatoms. The molecule has 3 rings (SSSR count). The zero-order valence-electron chi connectivity index (χ0n) is 31.0. The van der Waals surface area contributed by atoms with Crippen LogP contribution in [0.3, 0.4) is 0 Å². The van der Waals surface area contributed by atoms with E-state index in [2.05, 4.69) is 100 Å². The van der Waals surface area contributed by atoms with Gasteiger partial charge in [-0.2, -0.15) is 0 Å². The number of benzene rings is 3. The van der Waals surface area contributed by atoms with Gasteiger partial charge in [-0.25, -0.2) is 0 Å². The highest BCUT2D eigenvalue weighted by Crippen LogP contribution is 2.54. The van der Waals surface area contributed by atoms with Crippen molar-refractivity contribution in [2.24, 2.45) is 0 Å². The molecule has 270 valence electrons. The van der Waals surface area contributed by atoms with Crippen LogP contribution >= 0.6 is 7.60 Å². The molecule has 0 N–H and O–H groups in total. The molecule has 8 nitrogen and oxygen atoms in total. The molecule has 0 heterocycles. The van der Waals surface area contributed by atoms with Crippen LogP contribution in [-0.2, 0) is 34.2 Å². The molecule has 0 aliphatic rings. The van der Waals surface area contributed by atoms with E-state index in [1.165, 1.54) is 31.7 Å². The van der Waals surface area contributed by atoms with Gasteiger partial charge < -0.3 is 27.7 Å². The molecule has 1 unspecified atom stereocenters. The van der Waals surface area contributed by atoms with E-state index in [1.54, 1.807) is 14.2 Å². The Labute approximate surface area is 295 Å². The fourth-order valence-corrected chi connectivity index (χ4v) is 13.0. The van der Waals surface area contributed by atoms with Crippen molar-refractivity contribution in [1.82, 2.24) is 0 Å². The predicted octanol–water partition coefficient (Wildman–Crippen LogP) is 8.64. The minimum atomic E-state index is -3.63. The molecule has 0 saturated carbocycles. The number of ether oxygens (including phenoxy) is 3. The summed E-state index contributed by atoms with van der Waals surface area (Å²) in [4.78, 5) is 12.5. The summed E-state index contributed by atoms with van der Waals surface area (Å²) in [6.07, 6.45) is 5.66. The zero-order chi connectivity index (χ0) is 36.1. The van der Waals surface area contributed by atoms with Gasteiger partial charge in [-0.3, -0.25) is 9.36 Å². The number of methoxy groups -OCH3 is 3. The minimum Gasteiger partial charge on any atom is -0.496 e. The lowest BCUT2D eigenvalue weighted by Gasteiger charge is -2.43. The van der Waals surface area contributed by atoms with E-state index in [1.807, 2.05) is 0 Å². The molecule has 0 aromatic heterocycles. The van der Waals surface area contributed by atoms with Gasteiger partial charge in [0.25, 0.3) is 8.32 Å². The highest BCUT2D eigenvalue weighted by molar-refractivity contribution is 7.55. The van der Waals surface area contributed by atoms with Gasteiger partial charge in [0.1, 0.15) is 11.5 Å². The molecule has 0 saturated heterocycles. The molecular formula is C39H57O8PSi. The molecule has 3 aromatic carbocycles. The average molecular weight is 713 g/mol. The first-order chi connectivity index (χ1) is 23.5. The quantitative estimate of drug-likeness (QED) is 0.0498. The molecule has 2 atom stereocenters. The summed E-state index contributed by atoms with van der Waals surface area (Å²) >= 11 is 0. The molecule has 0 spiro atoms. The Balaban J connectivity index is 1.94. The van der Waals surface area contributed by atoms with Crippen LogP contribution in [0.15, 0.2) is 72.8 Å². The van der Waals surface area contributed by atoms with Crippen molar-refractivity contribution in [3.63, 3.8) is 0 Å². The van der Waals surface area contributed by atoms with Crippen LogP contribution in [-0.4, -0.2) is 55.5 Å². The topological polar surface area (TPSA) is 89.5 Å². The van der Waals surface area contributed by atoms with Crippen LogP contribution in [0.5, 0.6) is 11.5 Å². The SMILES string of the molecule is CCCC[C@@H](CCCCC(C(=O)OC)P(=O)(OC)OC)c1c(OC)cc(CO[Si](c2ccccc2)(c2ccccc2)C(C)(C)C)cc1OC. The van der Waals surface area contributed by atoms with Crippen molar-refractivity contribution in [3.8, 4) is 11.5 Å². The first-order valence-corrected chi connectivity index (χ1v) is 20.8. The van der Waals surface area contributed by atoms with Crippen LogP contribution in [0.2, 0.25) is 5.04 Å². The van der Waals surface area contributed by atoms with E-state index in [9.17, 15) is 9.36 Å². The van der Waals surface area contributed by atoms with E-state index >= 15 is 0 Å². The number of carbonyl (C=O) groups is 1. The zero-order valence-corrected chi connectivity index (χ0v) is 32.8. The summed E-state index contributed by atoms with van der Waals surface area (Å²) in [6.45, 7) is 9.41. The molecule has 0 amide bonds. The Morgan fingerprint density at radius 3 is 1.67 bits per heavy atom. The molecule has 0 bridgehead atoms. The number of rotatable bonds is 20. The van der Waals surface area contributed by atoms with Gasteiger partial charge in [-0.1, -0.05) is 114 Å². The fraction of sp³-hybridized carbons (Fsp3) is 0.513. The molecule has 49 heavy (non-hydrogen) atoms. The maximum absolute atomic E-state index is 13.1. The normalized spacial score (nSPS) is 13.5. The second-order valence-corrected chi connectivity index (χ2v) is 20.2. The van der Waals surface area contributed by atoms with E-state index in [0.29, 0.717) is 19.4 Å². The monoisotopic (exact) mass is 712 g/mol. The maximum Gasteiger partial charge on any atom is 0.344 e. The van der Waals surface area contributed by atoms with Crippen molar-refractivity contribution >= 4 is 32.3 Å². The van der Waals surface area contributed by atoms with Crippen LogP contribution in [0, 0.1) is 0 Å². The van der Waals surface area contributed by atoms with Gasteiger partial charge >= 0.3 is 13.6 Å². The molecule has 0 aliphatic carbocycles. The van der Waals surface area contributed by atoms with Gasteiger partial charge in [-0.05, 0) is 58.3 Å². The Hall–Kier alpha value is -2.94. The van der Waals surface area contributed by atoms with Crippen LogP contribution in [0.1, 0.15) is 89.7 Å². The lowest BCUT2D eigenvalue weighted by Crippen LogP contribution is -2.66. The van der Waals surface area contributed by atoms with Crippen LogP contribution in [0.25, 0.3) is 0 Å². The smallest absolute Gasteiger partial charge is 0.344 e. The Kier molecular flexibility index (Phi) is 15.6. The van der Waals surface area contributed by atoms with Gasteiger partial charge in [0.05, 0.1) is 27.9 Å². The third kappa shape index (κ3) is 9.65.